The molecule has 92 valence electrons. The second kappa shape index (κ2) is 5.79. The zero-order valence-electron chi connectivity index (χ0n) is 9.64. The van der Waals surface area contributed by atoms with Crippen LogP contribution in [0.25, 0.3) is 6.08 Å². The minimum absolute atomic E-state index is 0.0640. The third-order valence-corrected chi connectivity index (χ3v) is 2.10. The smallest absolute Gasteiger partial charge is 0.307 e. The summed E-state index contributed by atoms with van der Waals surface area (Å²) >= 11 is 0. The van der Waals surface area contributed by atoms with Crippen LogP contribution in [0, 0.1) is 0 Å². The Bertz CT molecular complexity index is 412. The van der Waals surface area contributed by atoms with E-state index in [1.54, 1.807) is 18.2 Å². The van der Waals surface area contributed by atoms with Gasteiger partial charge in [-0.05, 0) is 17.7 Å². The van der Waals surface area contributed by atoms with E-state index in [2.05, 4.69) is 0 Å². The molecule has 1 rings (SSSR count). The van der Waals surface area contributed by atoms with Crippen LogP contribution in [-0.4, -0.2) is 30.4 Å². The highest BCUT2D eigenvalue weighted by Gasteiger charge is 2.09. The Kier molecular flexibility index (Phi) is 4.39. The zero-order chi connectivity index (χ0) is 12.8. The van der Waals surface area contributed by atoms with E-state index in [0.29, 0.717) is 5.56 Å². The molecule has 1 aromatic carbocycles. The number of hydrogen-bond donors (Lipinski definition) is 2. The molecule has 1 aromatic rings. The van der Waals surface area contributed by atoms with Crippen LogP contribution in [0.5, 0.6) is 17.2 Å². The Morgan fingerprint density at radius 1 is 1.29 bits per heavy atom. The minimum Gasteiger partial charge on any atom is -0.502 e. The zero-order valence-corrected chi connectivity index (χ0v) is 9.64. The molecule has 0 spiro atoms. The summed E-state index contributed by atoms with van der Waals surface area (Å²) in [6.45, 7) is 0. The maximum atomic E-state index is 10.3. The van der Waals surface area contributed by atoms with Crippen molar-refractivity contribution in [3.05, 3.63) is 23.8 Å². The van der Waals surface area contributed by atoms with Gasteiger partial charge in [0.05, 0.1) is 20.6 Å². The predicted molar refractivity (Wildman–Crippen MR) is 62.5 cm³/mol. The lowest BCUT2D eigenvalue weighted by Gasteiger charge is -2.09. The fourth-order valence-corrected chi connectivity index (χ4v) is 1.31. The topological polar surface area (TPSA) is 76.0 Å². The summed E-state index contributed by atoms with van der Waals surface area (Å²) in [6.07, 6.45) is 3.07. The van der Waals surface area contributed by atoms with Crippen LogP contribution >= 0.6 is 0 Å². The van der Waals surface area contributed by atoms with Gasteiger partial charge in [-0.25, -0.2) is 0 Å². The lowest BCUT2D eigenvalue weighted by atomic mass is 10.1. The molecule has 5 heteroatoms. The van der Waals surface area contributed by atoms with Gasteiger partial charge in [0.25, 0.3) is 0 Å². The largest absolute Gasteiger partial charge is 0.502 e. The van der Waals surface area contributed by atoms with E-state index in [9.17, 15) is 9.90 Å². The Balaban J connectivity index is 3.00. The first kappa shape index (κ1) is 12.9. The van der Waals surface area contributed by atoms with Gasteiger partial charge < -0.3 is 19.7 Å². The minimum atomic E-state index is -0.904. The monoisotopic (exact) mass is 238 g/mol. The average Bonchev–Trinajstić information content (AvgIpc) is 2.30. The summed E-state index contributed by atoms with van der Waals surface area (Å²) in [5.41, 5.74) is 0.692. The molecule has 0 unspecified atom stereocenters. The lowest BCUT2D eigenvalue weighted by molar-refractivity contribution is -0.135. The van der Waals surface area contributed by atoms with Crippen LogP contribution in [0.15, 0.2) is 18.2 Å². The molecule has 0 aliphatic heterocycles. The van der Waals surface area contributed by atoms with Crippen LogP contribution < -0.4 is 9.47 Å². The number of carbonyl (C=O) groups is 1. The number of phenolic OH excluding ortho intramolecular Hbond substituents is 1. The van der Waals surface area contributed by atoms with Crippen LogP contribution in [0.4, 0.5) is 0 Å². The number of ether oxygens (including phenoxy) is 2. The summed E-state index contributed by atoms with van der Waals surface area (Å²) in [7, 11) is 2.86. The molecule has 0 aliphatic carbocycles. The van der Waals surface area contributed by atoms with Crippen molar-refractivity contribution in [3.8, 4) is 17.2 Å². The molecule has 17 heavy (non-hydrogen) atoms. The molecule has 0 fully saturated rings. The number of aromatic hydroxyl groups is 1. The molecule has 0 bridgehead atoms. The summed E-state index contributed by atoms with van der Waals surface area (Å²) in [5.74, 6) is -0.428. The highest BCUT2D eigenvalue weighted by Crippen LogP contribution is 2.37. The van der Waals surface area contributed by atoms with Gasteiger partial charge in [-0.1, -0.05) is 12.2 Å². The molecular formula is C12H14O5. The van der Waals surface area contributed by atoms with Crippen LogP contribution in [0.2, 0.25) is 0 Å². The highest BCUT2D eigenvalue weighted by molar-refractivity contribution is 5.71. The molecule has 5 nitrogen and oxygen atoms in total. The maximum Gasteiger partial charge on any atom is 0.307 e. The number of aliphatic carboxylic acids is 1. The Hall–Kier alpha value is -2.17. The number of rotatable bonds is 5. The SMILES string of the molecule is COc1cc(C=CCC(=O)O)cc(OC)c1O. The fourth-order valence-electron chi connectivity index (χ4n) is 1.31. The third kappa shape index (κ3) is 3.41. The summed E-state index contributed by atoms with van der Waals surface area (Å²) in [5, 5.41) is 18.2. The van der Waals surface area contributed by atoms with Crippen molar-refractivity contribution >= 4 is 12.0 Å². The molecule has 0 heterocycles. The van der Waals surface area contributed by atoms with Crippen molar-refractivity contribution in [2.75, 3.05) is 14.2 Å². The van der Waals surface area contributed by atoms with Crippen LogP contribution in [0.1, 0.15) is 12.0 Å². The van der Waals surface area contributed by atoms with E-state index in [-0.39, 0.29) is 23.7 Å². The Morgan fingerprint density at radius 2 is 1.82 bits per heavy atom. The number of carboxylic acid groups (broad SMARTS) is 1. The predicted octanol–water partition coefficient (Wildman–Crippen LogP) is 1.90. The Labute approximate surface area is 98.9 Å². The van der Waals surface area contributed by atoms with Crippen molar-refractivity contribution in [2.45, 2.75) is 6.42 Å². The van der Waals surface area contributed by atoms with Gasteiger partial charge in [-0.3, -0.25) is 4.79 Å². The third-order valence-electron chi connectivity index (χ3n) is 2.10. The molecular weight excluding hydrogens is 224 g/mol. The van der Waals surface area contributed by atoms with Gasteiger partial charge in [-0.15, -0.1) is 0 Å². The van der Waals surface area contributed by atoms with E-state index in [0.717, 1.165) is 0 Å². The van der Waals surface area contributed by atoms with Gasteiger partial charge >= 0.3 is 5.97 Å². The second-order valence-electron chi connectivity index (χ2n) is 3.27. The molecule has 0 saturated carbocycles. The van der Waals surface area contributed by atoms with Gasteiger partial charge in [0.15, 0.2) is 11.5 Å². The van der Waals surface area contributed by atoms with E-state index >= 15 is 0 Å². The molecule has 0 radical (unpaired) electrons. The number of methoxy groups -OCH3 is 2. The molecule has 0 aromatic heterocycles. The van der Waals surface area contributed by atoms with E-state index in [1.165, 1.54) is 20.3 Å². The summed E-state index contributed by atoms with van der Waals surface area (Å²) in [6, 6.07) is 3.19. The van der Waals surface area contributed by atoms with E-state index in [4.69, 9.17) is 14.6 Å². The van der Waals surface area contributed by atoms with Crippen molar-refractivity contribution in [2.24, 2.45) is 0 Å². The van der Waals surface area contributed by atoms with Crippen LogP contribution in [-0.2, 0) is 4.79 Å². The quantitative estimate of drug-likeness (QED) is 0.819. The maximum absolute atomic E-state index is 10.3. The number of phenols is 1. The normalized spacial score (nSPS) is 10.5. The van der Waals surface area contributed by atoms with Crippen molar-refractivity contribution in [1.29, 1.82) is 0 Å². The Morgan fingerprint density at radius 3 is 2.24 bits per heavy atom. The molecule has 0 aliphatic rings. The average molecular weight is 238 g/mol. The van der Waals surface area contributed by atoms with Gasteiger partial charge in [-0.2, -0.15) is 0 Å². The molecule has 2 N–H and O–H groups in total. The lowest BCUT2D eigenvalue weighted by Crippen LogP contribution is -1.91. The van der Waals surface area contributed by atoms with Gasteiger partial charge in [0, 0.05) is 0 Å². The molecule has 0 atom stereocenters. The summed E-state index contributed by atoms with van der Waals surface area (Å²) < 4.78 is 9.95. The number of benzene rings is 1. The highest BCUT2D eigenvalue weighted by atomic mass is 16.5. The van der Waals surface area contributed by atoms with Gasteiger partial charge in [0.1, 0.15) is 0 Å². The number of carboxylic acids is 1. The van der Waals surface area contributed by atoms with E-state index < -0.39 is 5.97 Å². The van der Waals surface area contributed by atoms with Crippen molar-refractivity contribution in [1.82, 2.24) is 0 Å². The first-order chi connectivity index (χ1) is 8.08. The molecule has 0 amide bonds. The fraction of sp³-hybridized carbons (Fsp3) is 0.250. The van der Waals surface area contributed by atoms with Crippen LogP contribution in [0.3, 0.4) is 0 Å². The standard InChI is InChI=1S/C12H14O5/c1-16-9-6-8(4-3-5-11(13)14)7-10(17-2)12(9)15/h3-4,6-7,15H,5H2,1-2H3,(H,13,14). The second-order valence-corrected chi connectivity index (χ2v) is 3.27. The molecule has 0 saturated heterocycles. The van der Waals surface area contributed by atoms with Crippen molar-refractivity contribution in [3.63, 3.8) is 0 Å². The first-order valence-corrected chi connectivity index (χ1v) is 4.91. The van der Waals surface area contributed by atoms with Crippen molar-refractivity contribution < 1.29 is 24.5 Å². The van der Waals surface area contributed by atoms with Gasteiger partial charge in [0.2, 0.25) is 5.75 Å². The number of hydrogen-bond acceptors (Lipinski definition) is 4. The summed E-state index contributed by atoms with van der Waals surface area (Å²) in [4.78, 5) is 10.3. The van der Waals surface area contributed by atoms with E-state index in [1.807, 2.05) is 0 Å². The first-order valence-electron chi connectivity index (χ1n) is 4.91.